The lowest BCUT2D eigenvalue weighted by Crippen LogP contribution is -2.45. The Morgan fingerprint density at radius 3 is 2.76 bits per heavy atom. The number of nitrogens with one attached hydrogen (secondary N) is 1. The van der Waals surface area contributed by atoms with Gasteiger partial charge in [-0.2, -0.15) is 0 Å². The molecule has 2 aromatic carbocycles. The van der Waals surface area contributed by atoms with Gasteiger partial charge in [0.2, 0.25) is 5.91 Å². The lowest BCUT2D eigenvalue weighted by atomic mass is 10.00. The average Bonchev–Trinajstić information content (AvgIpc) is 3.09. The zero-order valence-corrected chi connectivity index (χ0v) is 16.5. The Bertz CT molecular complexity index is 986. The number of benzene rings is 2. The summed E-state index contributed by atoms with van der Waals surface area (Å²) in [6.07, 6.45) is 3.20. The third kappa shape index (κ3) is 4.38. The Labute approximate surface area is 170 Å². The molecule has 150 valence electrons. The Morgan fingerprint density at radius 1 is 1.17 bits per heavy atom. The smallest absolute Gasteiger partial charge is 0.243 e. The maximum atomic E-state index is 13.4. The average molecular weight is 392 g/mol. The quantitative estimate of drug-likeness (QED) is 0.702. The molecular formula is C23H25FN4O. The van der Waals surface area contributed by atoms with Crippen molar-refractivity contribution in [3.05, 3.63) is 89.3 Å². The van der Waals surface area contributed by atoms with Crippen molar-refractivity contribution in [1.82, 2.24) is 19.8 Å². The van der Waals surface area contributed by atoms with Crippen molar-refractivity contribution in [2.45, 2.75) is 25.4 Å². The summed E-state index contributed by atoms with van der Waals surface area (Å²) < 4.78 is 15.3. The minimum atomic E-state index is -0.390. The van der Waals surface area contributed by atoms with Crippen LogP contribution in [0.5, 0.6) is 0 Å². The number of imidazole rings is 1. The molecule has 4 rings (SSSR count). The van der Waals surface area contributed by atoms with Gasteiger partial charge >= 0.3 is 0 Å². The van der Waals surface area contributed by atoms with E-state index in [1.54, 1.807) is 12.4 Å². The van der Waals surface area contributed by atoms with Gasteiger partial charge in [-0.1, -0.05) is 42.5 Å². The Kier molecular flexibility index (Phi) is 5.71. The van der Waals surface area contributed by atoms with Crippen LogP contribution in [0.1, 0.15) is 28.6 Å². The standard InChI is InChI=1S/C23H25FN4O/c1-27-16-26-20-11-13-28(15-18-6-3-2-4-7-18)22(21(20)27)23(29)25-12-10-17-8-5-9-19(24)14-17/h2-9,14,16,22H,10-13,15H2,1H3,(H,25,29)/t22-/m1/s1. The fourth-order valence-electron chi connectivity index (χ4n) is 3.98. The van der Waals surface area contributed by atoms with E-state index in [0.717, 1.165) is 29.9 Å². The highest BCUT2D eigenvalue weighted by molar-refractivity contribution is 5.83. The summed E-state index contributed by atoms with van der Waals surface area (Å²) in [6, 6.07) is 16.3. The largest absolute Gasteiger partial charge is 0.354 e. The van der Waals surface area contributed by atoms with Gasteiger partial charge < -0.3 is 9.88 Å². The van der Waals surface area contributed by atoms with Gasteiger partial charge in [0.25, 0.3) is 0 Å². The fourth-order valence-corrected chi connectivity index (χ4v) is 3.98. The first-order chi connectivity index (χ1) is 14.1. The van der Waals surface area contributed by atoms with E-state index in [2.05, 4.69) is 27.3 Å². The second-order valence-electron chi connectivity index (χ2n) is 7.47. The van der Waals surface area contributed by atoms with Crippen LogP contribution < -0.4 is 5.32 Å². The number of hydrogen-bond acceptors (Lipinski definition) is 3. The van der Waals surface area contributed by atoms with E-state index in [4.69, 9.17) is 0 Å². The normalized spacial score (nSPS) is 16.4. The minimum absolute atomic E-state index is 0.0399. The number of rotatable bonds is 6. The lowest BCUT2D eigenvalue weighted by molar-refractivity contribution is -0.127. The zero-order chi connectivity index (χ0) is 20.2. The number of fused-ring (bicyclic) bond motifs is 1. The van der Waals surface area contributed by atoms with E-state index in [9.17, 15) is 9.18 Å². The highest BCUT2D eigenvalue weighted by atomic mass is 19.1. The topological polar surface area (TPSA) is 50.2 Å². The van der Waals surface area contributed by atoms with Crippen molar-refractivity contribution in [2.75, 3.05) is 13.1 Å². The van der Waals surface area contributed by atoms with Crippen molar-refractivity contribution < 1.29 is 9.18 Å². The number of carbonyl (C=O) groups excluding carboxylic acids is 1. The number of halogens is 1. The van der Waals surface area contributed by atoms with Gasteiger partial charge in [0.05, 0.1) is 17.7 Å². The molecule has 1 aliphatic heterocycles. The molecule has 6 heteroatoms. The third-order valence-electron chi connectivity index (χ3n) is 5.40. The number of hydrogen-bond donors (Lipinski definition) is 1. The summed E-state index contributed by atoms with van der Waals surface area (Å²) in [4.78, 5) is 19.9. The molecule has 0 bridgehead atoms. The Balaban J connectivity index is 1.50. The number of nitrogens with zero attached hydrogens (tertiary/aromatic N) is 3. The first-order valence-electron chi connectivity index (χ1n) is 9.92. The molecule has 0 saturated heterocycles. The Hall–Kier alpha value is -2.99. The third-order valence-corrected chi connectivity index (χ3v) is 5.40. The molecule has 0 saturated carbocycles. The molecule has 1 atom stereocenters. The SMILES string of the molecule is Cn1cnc2c1[C@H](C(=O)NCCc1cccc(F)c1)N(Cc1ccccc1)CC2. The van der Waals surface area contributed by atoms with Crippen LogP contribution in [0.2, 0.25) is 0 Å². The molecule has 0 aliphatic carbocycles. The monoisotopic (exact) mass is 392 g/mol. The first kappa shape index (κ1) is 19.3. The molecule has 1 N–H and O–H groups in total. The van der Waals surface area contributed by atoms with Crippen molar-refractivity contribution in [3.63, 3.8) is 0 Å². The summed E-state index contributed by atoms with van der Waals surface area (Å²) in [5.74, 6) is -0.295. The summed E-state index contributed by atoms with van der Waals surface area (Å²) in [7, 11) is 1.94. The van der Waals surface area contributed by atoms with Crippen LogP contribution in [0.4, 0.5) is 4.39 Å². The highest BCUT2D eigenvalue weighted by Gasteiger charge is 2.35. The molecular weight excluding hydrogens is 367 g/mol. The second-order valence-corrected chi connectivity index (χ2v) is 7.47. The molecule has 0 radical (unpaired) electrons. The van der Waals surface area contributed by atoms with Crippen LogP contribution >= 0.6 is 0 Å². The first-order valence-corrected chi connectivity index (χ1v) is 9.92. The van der Waals surface area contributed by atoms with Crippen LogP contribution in [0.25, 0.3) is 0 Å². The lowest BCUT2D eigenvalue weighted by Gasteiger charge is -2.35. The van der Waals surface area contributed by atoms with Gasteiger partial charge in [-0.05, 0) is 29.7 Å². The van der Waals surface area contributed by atoms with E-state index in [1.165, 1.54) is 17.7 Å². The van der Waals surface area contributed by atoms with Crippen molar-refractivity contribution in [2.24, 2.45) is 7.05 Å². The van der Waals surface area contributed by atoms with Crippen molar-refractivity contribution >= 4 is 5.91 Å². The maximum Gasteiger partial charge on any atom is 0.243 e. The molecule has 1 aromatic heterocycles. The highest BCUT2D eigenvalue weighted by Crippen LogP contribution is 2.30. The summed E-state index contributed by atoms with van der Waals surface area (Å²) in [5.41, 5.74) is 3.99. The van der Waals surface area contributed by atoms with Crippen LogP contribution in [-0.2, 0) is 31.2 Å². The van der Waals surface area contributed by atoms with Crippen molar-refractivity contribution in [1.29, 1.82) is 0 Å². The van der Waals surface area contributed by atoms with Crippen LogP contribution in [-0.4, -0.2) is 33.4 Å². The van der Waals surface area contributed by atoms with E-state index in [1.807, 2.05) is 35.9 Å². The number of aromatic nitrogens is 2. The zero-order valence-electron chi connectivity index (χ0n) is 16.5. The molecule has 3 aromatic rings. The van der Waals surface area contributed by atoms with Gasteiger partial charge in [-0.25, -0.2) is 9.37 Å². The molecule has 29 heavy (non-hydrogen) atoms. The predicted molar refractivity (Wildman–Crippen MR) is 110 cm³/mol. The molecule has 1 amide bonds. The number of amides is 1. The molecule has 0 unspecified atom stereocenters. The fraction of sp³-hybridized carbons (Fsp3) is 0.304. The van der Waals surface area contributed by atoms with Gasteiger partial charge in [0, 0.05) is 33.1 Å². The molecule has 1 aliphatic rings. The van der Waals surface area contributed by atoms with Gasteiger partial charge in [-0.15, -0.1) is 0 Å². The predicted octanol–water partition coefficient (Wildman–Crippen LogP) is 3.02. The molecule has 0 spiro atoms. The van der Waals surface area contributed by atoms with Crippen LogP contribution in [0.3, 0.4) is 0 Å². The van der Waals surface area contributed by atoms with E-state index < -0.39 is 0 Å². The van der Waals surface area contributed by atoms with E-state index in [-0.39, 0.29) is 17.8 Å². The molecule has 2 heterocycles. The van der Waals surface area contributed by atoms with E-state index in [0.29, 0.717) is 19.5 Å². The summed E-state index contributed by atoms with van der Waals surface area (Å²) in [5, 5.41) is 3.05. The number of carbonyl (C=O) groups is 1. The summed E-state index contributed by atoms with van der Waals surface area (Å²) >= 11 is 0. The van der Waals surface area contributed by atoms with E-state index >= 15 is 0 Å². The van der Waals surface area contributed by atoms with Gasteiger partial charge in [0.1, 0.15) is 11.9 Å². The second kappa shape index (κ2) is 8.57. The van der Waals surface area contributed by atoms with Crippen molar-refractivity contribution in [3.8, 4) is 0 Å². The summed E-state index contributed by atoms with van der Waals surface area (Å²) in [6.45, 7) is 1.94. The Morgan fingerprint density at radius 2 is 1.97 bits per heavy atom. The van der Waals surface area contributed by atoms with Crippen LogP contribution in [0, 0.1) is 5.82 Å². The van der Waals surface area contributed by atoms with Gasteiger partial charge in [0.15, 0.2) is 0 Å². The molecule has 5 nitrogen and oxygen atoms in total. The maximum absolute atomic E-state index is 13.4. The minimum Gasteiger partial charge on any atom is -0.354 e. The molecule has 0 fully saturated rings. The number of aryl methyl sites for hydroxylation is 1. The van der Waals surface area contributed by atoms with Gasteiger partial charge in [-0.3, -0.25) is 9.69 Å². The van der Waals surface area contributed by atoms with Crippen LogP contribution in [0.15, 0.2) is 60.9 Å².